The van der Waals surface area contributed by atoms with Gasteiger partial charge < -0.3 is 14.3 Å². The molecule has 3 rings (SSSR count). The van der Waals surface area contributed by atoms with E-state index < -0.39 is 11.4 Å². The van der Waals surface area contributed by atoms with Gasteiger partial charge >= 0.3 is 5.97 Å². The van der Waals surface area contributed by atoms with Crippen molar-refractivity contribution in [3.05, 3.63) is 24.2 Å². The van der Waals surface area contributed by atoms with Crippen molar-refractivity contribution in [1.82, 2.24) is 4.90 Å². The lowest BCUT2D eigenvalue weighted by Crippen LogP contribution is -2.47. The Bertz CT molecular complexity index is 446. The highest BCUT2D eigenvalue weighted by molar-refractivity contribution is 5.75. The Balaban J connectivity index is 1.72. The summed E-state index contributed by atoms with van der Waals surface area (Å²) in [6, 6.07) is 4.34. The topological polar surface area (TPSA) is 62.9 Å². The first kappa shape index (κ1) is 13.6. The molecule has 0 unspecified atom stereocenters. The molecule has 0 atom stereocenters. The van der Waals surface area contributed by atoms with Crippen LogP contribution in [0.15, 0.2) is 22.8 Å². The highest BCUT2D eigenvalue weighted by atomic mass is 16.5. The minimum atomic E-state index is -0.689. The van der Waals surface area contributed by atoms with E-state index in [2.05, 4.69) is 4.90 Å². The molecule has 2 fully saturated rings. The zero-order chi connectivity index (χ0) is 14.0. The van der Waals surface area contributed by atoms with Crippen LogP contribution in [0.2, 0.25) is 0 Å². The number of ether oxygens (including phenoxy) is 1. The molecule has 1 saturated carbocycles. The molecule has 5 heteroatoms. The minimum absolute atomic E-state index is 0.513. The first-order chi connectivity index (χ1) is 9.70. The van der Waals surface area contributed by atoms with Crippen LogP contribution in [0.5, 0.6) is 0 Å². The van der Waals surface area contributed by atoms with Gasteiger partial charge in [-0.05, 0) is 37.8 Å². The molecule has 2 aliphatic rings. The quantitative estimate of drug-likeness (QED) is 0.864. The third-order valence-electron chi connectivity index (χ3n) is 4.41. The van der Waals surface area contributed by atoms with E-state index >= 15 is 0 Å². The van der Waals surface area contributed by atoms with Crippen LogP contribution >= 0.6 is 0 Å². The second kappa shape index (κ2) is 5.58. The number of carbonyl (C=O) groups is 1. The summed E-state index contributed by atoms with van der Waals surface area (Å²) in [5, 5.41) is 9.66. The van der Waals surface area contributed by atoms with Crippen molar-refractivity contribution in [3.8, 4) is 0 Å². The molecule has 2 heterocycles. The second-order valence-electron chi connectivity index (χ2n) is 5.91. The van der Waals surface area contributed by atoms with E-state index in [0.717, 1.165) is 18.6 Å². The fourth-order valence-corrected chi connectivity index (χ4v) is 2.95. The van der Waals surface area contributed by atoms with Crippen molar-refractivity contribution >= 4 is 5.97 Å². The Morgan fingerprint density at radius 2 is 2.15 bits per heavy atom. The molecular formula is C15H21NO4. The smallest absolute Gasteiger partial charge is 0.311 e. The van der Waals surface area contributed by atoms with Crippen LogP contribution in [0.4, 0.5) is 0 Å². The van der Waals surface area contributed by atoms with Crippen molar-refractivity contribution in [2.24, 2.45) is 5.41 Å². The number of carboxylic acids is 1. The lowest BCUT2D eigenvalue weighted by atomic mass is 9.79. The Hall–Kier alpha value is -1.33. The summed E-state index contributed by atoms with van der Waals surface area (Å²) in [6.45, 7) is 2.39. The first-order valence-electron chi connectivity index (χ1n) is 7.27. The summed E-state index contributed by atoms with van der Waals surface area (Å²) >= 11 is 0. The molecule has 1 aromatic rings. The Morgan fingerprint density at radius 1 is 1.40 bits per heavy atom. The summed E-state index contributed by atoms with van der Waals surface area (Å²) in [5.41, 5.74) is -0.659. The Morgan fingerprint density at radius 3 is 2.70 bits per heavy atom. The van der Waals surface area contributed by atoms with Crippen molar-refractivity contribution in [2.45, 2.75) is 38.3 Å². The molecule has 0 radical (unpaired) electrons. The molecule has 0 amide bonds. The van der Waals surface area contributed by atoms with Gasteiger partial charge in [0.25, 0.3) is 0 Å². The van der Waals surface area contributed by atoms with Crippen molar-refractivity contribution < 1.29 is 19.1 Å². The average Bonchev–Trinajstić information content (AvgIpc) is 3.18. The summed E-state index contributed by atoms with van der Waals surface area (Å²) in [7, 11) is 0. The zero-order valence-electron chi connectivity index (χ0n) is 11.6. The summed E-state index contributed by atoms with van der Waals surface area (Å²) in [5.74, 6) is 0.218. The predicted octanol–water partition coefficient (Wildman–Crippen LogP) is 2.13. The number of rotatable bonds is 6. The largest absolute Gasteiger partial charge is 0.481 e. The SMILES string of the molecule is O=C(O)C1(CN(Cc2ccco2)C2CC2)CCOCC1. The van der Waals surface area contributed by atoms with Crippen molar-refractivity contribution in [2.75, 3.05) is 19.8 Å². The summed E-state index contributed by atoms with van der Waals surface area (Å²) in [6.07, 6.45) is 5.19. The van der Waals surface area contributed by atoms with Crippen LogP contribution in [-0.4, -0.2) is 41.8 Å². The van der Waals surface area contributed by atoms with Crippen LogP contribution < -0.4 is 0 Å². The van der Waals surface area contributed by atoms with Crippen LogP contribution in [0.3, 0.4) is 0 Å². The molecule has 0 spiro atoms. The normalized spacial score (nSPS) is 22.1. The third-order valence-corrected chi connectivity index (χ3v) is 4.41. The van der Waals surface area contributed by atoms with Gasteiger partial charge in [0.15, 0.2) is 0 Å². The van der Waals surface area contributed by atoms with Crippen LogP contribution in [0.1, 0.15) is 31.4 Å². The van der Waals surface area contributed by atoms with Crippen molar-refractivity contribution in [1.29, 1.82) is 0 Å². The van der Waals surface area contributed by atoms with E-state index in [9.17, 15) is 9.90 Å². The number of hydrogen-bond acceptors (Lipinski definition) is 4. The molecule has 1 aliphatic heterocycles. The number of furan rings is 1. The monoisotopic (exact) mass is 279 g/mol. The first-order valence-corrected chi connectivity index (χ1v) is 7.27. The number of carboxylic acid groups (broad SMARTS) is 1. The molecule has 1 aromatic heterocycles. The molecule has 0 aromatic carbocycles. The Kier molecular flexibility index (Phi) is 3.81. The van der Waals surface area contributed by atoms with Gasteiger partial charge in [-0.2, -0.15) is 0 Å². The number of hydrogen-bond donors (Lipinski definition) is 1. The summed E-state index contributed by atoms with van der Waals surface area (Å²) in [4.78, 5) is 14.0. The fraction of sp³-hybridized carbons (Fsp3) is 0.667. The maximum absolute atomic E-state index is 11.8. The number of nitrogens with zero attached hydrogens (tertiary/aromatic N) is 1. The molecule has 1 aliphatic carbocycles. The van der Waals surface area contributed by atoms with Gasteiger partial charge in [0, 0.05) is 25.8 Å². The molecule has 1 saturated heterocycles. The fourth-order valence-electron chi connectivity index (χ4n) is 2.95. The van der Waals surface area contributed by atoms with E-state index in [1.165, 1.54) is 0 Å². The van der Waals surface area contributed by atoms with Gasteiger partial charge in [0.1, 0.15) is 5.76 Å². The molecule has 20 heavy (non-hydrogen) atoms. The average molecular weight is 279 g/mol. The van der Waals surface area contributed by atoms with E-state index in [4.69, 9.17) is 9.15 Å². The highest BCUT2D eigenvalue weighted by Gasteiger charge is 2.44. The van der Waals surface area contributed by atoms with E-state index in [1.807, 2.05) is 12.1 Å². The van der Waals surface area contributed by atoms with Crippen molar-refractivity contribution in [3.63, 3.8) is 0 Å². The lowest BCUT2D eigenvalue weighted by molar-refractivity contribution is -0.157. The van der Waals surface area contributed by atoms with E-state index in [0.29, 0.717) is 45.2 Å². The molecule has 5 nitrogen and oxygen atoms in total. The highest BCUT2D eigenvalue weighted by Crippen LogP contribution is 2.37. The van der Waals surface area contributed by atoms with Crippen LogP contribution in [0.25, 0.3) is 0 Å². The van der Waals surface area contributed by atoms with Gasteiger partial charge in [0.2, 0.25) is 0 Å². The molecule has 110 valence electrons. The molecular weight excluding hydrogens is 258 g/mol. The standard InChI is InChI=1S/C15H21NO4/c17-14(18)15(5-8-19-9-6-15)11-16(12-3-4-12)10-13-2-1-7-20-13/h1-2,7,12H,3-6,8-11H2,(H,17,18). The van der Waals surface area contributed by atoms with Gasteiger partial charge in [-0.3, -0.25) is 9.69 Å². The predicted molar refractivity (Wildman–Crippen MR) is 72.3 cm³/mol. The zero-order valence-corrected chi connectivity index (χ0v) is 11.6. The van der Waals surface area contributed by atoms with E-state index in [-0.39, 0.29) is 0 Å². The van der Waals surface area contributed by atoms with Gasteiger partial charge in [0.05, 0.1) is 18.2 Å². The van der Waals surface area contributed by atoms with Gasteiger partial charge in [-0.25, -0.2) is 0 Å². The second-order valence-corrected chi connectivity index (χ2v) is 5.91. The maximum Gasteiger partial charge on any atom is 0.311 e. The lowest BCUT2D eigenvalue weighted by Gasteiger charge is -2.37. The molecule has 0 bridgehead atoms. The third kappa shape index (κ3) is 2.88. The van der Waals surface area contributed by atoms with Gasteiger partial charge in [-0.1, -0.05) is 0 Å². The van der Waals surface area contributed by atoms with E-state index in [1.54, 1.807) is 6.26 Å². The Labute approximate surface area is 118 Å². The minimum Gasteiger partial charge on any atom is -0.481 e. The van der Waals surface area contributed by atoms with Crippen LogP contribution in [0, 0.1) is 5.41 Å². The van der Waals surface area contributed by atoms with Gasteiger partial charge in [-0.15, -0.1) is 0 Å². The molecule has 1 N–H and O–H groups in total. The summed E-state index contributed by atoms with van der Waals surface area (Å²) < 4.78 is 10.7. The number of aliphatic carboxylic acids is 1. The van der Waals surface area contributed by atoms with Crippen LogP contribution in [-0.2, 0) is 16.1 Å². The maximum atomic E-state index is 11.8.